The average molecular weight is 361 g/mol. The van der Waals surface area contributed by atoms with Gasteiger partial charge in [-0.25, -0.2) is 4.79 Å². The summed E-state index contributed by atoms with van der Waals surface area (Å²) in [6, 6.07) is -0.296. The molecule has 4 aliphatic rings. The van der Waals surface area contributed by atoms with Crippen LogP contribution in [0.3, 0.4) is 0 Å². The summed E-state index contributed by atoms with van der Waals surface area (Å²) in [6.07, 6.45) is 8.36. The third kappa shape index (κ3) is 3.01. The van der Waals surface area contributed by atoms with Gasteiger partial charge in [0.2, 0.25) is 5.91 Å². The van der Waals surface area contributed by atoms with Crippen molar-refractivity contribution in [2.45, 2.75) is 76.8 Å². The molecule has 4 fully saturated rings. The molecule has 1 heterocycles. The van der Waals surface area contributed by atoms with E-state index in [-0.39, 0.29) is 24.4 Å². The van der Waals surface area contributed by atoms with Crippen molar-refractivity contribution >= 4 is 17.8 Å². The Labute approximate surface area is 155 Å². The Morgan fingerprint density at radius 1 is 1.23 bits per heavy atom. The minimum atomic E-state index is -0.764. The Balaban J connectivity index is 1.34. The summed E-state index contributed by atoms with van der Waals surface area (Å²) < 4.78 is 0. The lowest BCUT2D eigenvalue weighted by molar-refractivity contribution is -0.136. The molecule has 26 heavy (non-hydrogen) atoms. The zero-order valence-electron chi connectivity index (χ0n) is 15.9. The molecule has 6 nitrogen and oxygen atoms in total. The van der Waals surface area contributed by atoms with Crippen LogP contribution in [0.5, 0.6) is 0 Å². The van der Waals surface area contributed by atoms with E-state index in [0.29, 0.717) is 24.7 Å². The number of rotatable bonds is 4. The minimum Gasteiger partial charge on any atom is -0.352 e. The molecule has 0 aromatic carbocycles. The highest BCUT2D eigenvalue weighted by molar-refractivity contribution is 6.09. The average Bonchev–Trinajstić information content (AvgIpc) is 3.29. The van der Waals surface area contributed by atoms with Gasteiger partial charge in [0.05, 0.1) is 0 Å². The highest BCUT2D eigenvalue weighted by atomic mass is 16.2. The molecule has 4 rings (SSSR count). The van der Waals surface area contributed by atoms with Crippen molar-refractivity contribution in [1.29, 1.82) is 0 Å². The molecule has 1 aliphatic heterocycles. The second-order valence-electron chi connectivity index (χ2n) is 9.28. The summed E-state index contributed by atoms with van der Waals surface area (Å²) >= 11 is 0. The summed E-state index contributed by atoms with van der Waals surface area (Å²) in [7, 11) is 0. The molecule has 3 aliphatic carbocycles. The SMILES string of the molecule is CC1CCC2(CC1)NC(=O)N(CC(=O)N[C@@H](C)[C@H]1C[C@H]3CC[C@H]1C3)C2=O. The third-order valence-corrected chi connectivity index (χ3v) is 7.50. The Hall–Kier alpha value is -1.59. The molecular formula is C20H31N3O3. The van der Waals surface area contributed by atoms with Crippen molar-refractivity contribution in [1.82, 2.24) is 15.5 Å². The Morgan fingerprint density at radius 3 is 2.58 bits per heavy atom. The number of nitrogens with one attached hydrogen (secondary N) is 2. The molecule has 1 spiro atoms. The van der Waals surface area contributed by atoms with E-state index >= 15 is 0 Å². The molecule has 2 N–H and O–H groups in total. The van der Waals surface area contributed by atoms with Crippen LogP contribution in [0.25, 0.3) is 0 Å². The lowest BCUT2D eigenvalue weighted by Gasteiger charge is -2.33. The van der Waals surface area contributed by atoms with E-state index in [2.05, 4.69) is 24.5 Å². The smallest absolute Gasteiger partial charge is 0.325 e. The van der Waals surface area contributed by atoms with Gasteiger partial charge >= 0.3 is 6.03 Å². The second kappa shape index (κ2) is 6.54. The fourth-order valence-electron chi connectivity index (χ4n) is 5.87. The van der Waals surface area contributed by atoms with Crippen LogP contribution in [0.15, 0.2) is 0 Å². The van der Waals surface area contributed by atoms with E-state index in [4.69, 9.17) is 0 Å². The van der Waals surface area contributed by atoms with Gasteiger partial charge in [-0.3, -0.25) is 14.5 Å². The molecule has 1 saturated heterocycles. The molecule has 3 saturated carbocycles. The van der Waals surface area contributed by atoms with Crippen LogP contribution in [0.1, 0.15) is 65.2 Å². The summed E-state index contributed by atoms with van der Waals surface area (Å²) in [4.78, 5) is 38.8. The zero-order valence-corrected chi connectivity index (χ0v) is 15.9. The summed E-state index contributed by atoms with van der Waals surface area (Å²) in [6.45, 7) is 4.09. The van der Waals surface area contributed by atoms with Crippen molar-refractivity contribution in [3.05, 3.63) is 0 Å². The number of urea groups is 1. The van der Waals surface area contributed by atoms with Crippen molar-refractivity contribution in [2.75, 3.05) is 6.54 Å². The van der Waals surface area contributed by atoms with Crippen LogP contribution in [-0.4, -0.2) is 40.9 Å². The van der Waals surface area contributed by atoms with E-state index in [1.54, 1.807) is 0 Å². The van der Waals surface area contributed by atoms with E-state index in [0.717, 1.165) is 29.6 Å². The predicted molar refractivity (Wildman–Crippen MR) is 97.2 cm³/mol. The number of fused-ring (bicyclic) bond motifs is 2. The molecule has 6 heteroatoms. The normalized spacial score (nSPS) is 40.2. The second-order valence-corrected chi connectivity index (χ2v) is 9.28. The molecule has 144 valence electrons. The third-order valence-electron chi connectivity index (χ3n) is 7.50. The predicted octanol–water partition coefficient (Wildman–Crippen LogP) is 2.43. The first kappa shape index (κ1) is 17.8. The fourth-order valence-corrected chi connectivity index (χ4v) is 5.87. The first-order valence-electron chi connectivity index (χ1n) is 10.3. The van der Waals surface area contributed by atoms with E-state index in [1.807, 2.05) is 0 Å². The molecule has 4 atom stereocenters. The van der Waals surface area contributed by atoms with E-state index in [1.165, 1.54) is 25.7 Å². The number of hydrogen-bond acceptors (Lipinski definition) is 3. The molecule has 0 aromatic heterocycles. The van der Waals surface area contributed by atoms with Crippen molar-refractivity contribution in [2.24, 2.45) is 23.7 Å². The number of carbonyl (C=O) groups excluding carboxylic acids is 3. The van der Waals surface area contributed by atoms with Gasteiger partial charge in [0, 0.05) is 6.04 Å². The standard InChI is InChI=1S/C20H31N3O3/c1-12-5-7-20(8-6-12)18(25)23(19(26)22-20)11-17(24)21-13(2)16-10-14-3-4-15(16)9-14/h12-16H,3-11H2,1-2H3,(H,21,24)(H,22,26)/t12?,13-,14-,15-,16+,20?/m0/s1. The van der Waals surface area contributed by atoms with Crippen LogP contribution >= 0.6 is 0 Å². The van der Waals surface area contributed by atoms with Gasteiger partial charge in [-0.15, -0.1) is 0 Å². The number of imide groups is 1. The molecule has 4 amide bonds. The van der Waals surface area contributed by atoms with Gasteiger partial charge in [-0.1, -0.05) is 13.3 Å². The largest absolute Gasteiger partial charge is 0.352 e. The van der Waals surface area contributed by atoms with Crippen molar-refractivity contribution in [3.8, 4) is 0 Å². The lowest BCUT2D eigenvalue weighted by atomic mass is 9.77. The Kier molecular flexibility index (Phi) is 4.48. The van der Waals surface area contributed by atoms with Crippen LogP contribution < -0.4 is 10.6 Å². The summed E-state index contributed by atoms with van der Waals surface area (Å²) in [5.74, 6) is 2.28. The quantitative estimate of drug-likeness (QED) is 0.755. The maximum absolute atomic E-state index is 12.8. The monoisotopic (exact) mass is 361 g/mol. The van der Waals surface area contributed by atoms with Crippen molar-refractivity contribution in [3.63, 3.8) is 0 Å². The van der Waals surface area contributed by atoms with Gasteiger partial charge in [-0.05, 0) is 75.5 Å². The van der Waals surface area contributed by atoms with E-state index < -0.39 is 11.6 Å². The van der Waals surface area contributed by atoms with Crippen LogP contribution in [0.4, 0.5) is 4.79 Å². The van der Waals surface area contributed by atoms with E-state index in [9.17, 15) is 14.4 Å². The van der Waals surface area contributed by atoms with Gasteiger partial charge in [0.1, 0.15) is 12.1 Å². The molecule has 0 radical (unpaired) electrons. The highest BCUT2D eigenvalue weighted by Gasteiger charge is 2.52. The van der Waals surface area contributed by atoms with Crippen LogP contribution in [-0.2, 0) is 9.59 Å². The number of nitrogens with zero attached hydrogens (tertiary/aromatic N) is 1. The Bertz CT molecular complexity index is 611. The summed E-state index contributed by atoms with van der Waals surface area (Å²) in [5.41, 5.74) is -0.764. The fraction of sp³-hybridized carbons (Fsp3) is 0.850. The van der Waals surface area contributed by atoms with Crippen LogP contribution in [0.2, 0.25) is 0 Å². The highest BCUT2D eigenvalue weighted by Crippen LogP contribution is 2.49. The minimum absolute atomic E-state index is 0.114. The molecule has 2 bridgehead atoms. The molecule has 0 unspecified atom stereocenters. The van der Waals surface area contributed by atoms with Gasteiger partial charge in [0.25, 0.3) is 5.91 Å². The first-order valence-corrected chi connectivity index (χ1v) is 10.3. The maximum Gasteiger partial charge on any atom is 0.325 e. The molecule has 0 aromatic rings. The van der Waals surface area contributed by atoms with Gasteiger partial charge < -0.3 is 10.6 Å². The van der Waals surface area contributed by atoms with Gasteiger partial charge in [-0.2, -0.15) is 0 Å². The lowest BCUT2D eigenvalue weighted by Crippen LogP contribution is -2.50. The van der Waals surface area contributed by atoms with Crippen LogP contribution in [0, 0.1) is 23.7 Å². The zero-order chi connectivity index (χ0) is 18.5. The summed E-state index contributed by atoms with van der Waals surface area (Å²) in [5, 5.41) is 5.94. The topological polar surface area (TPSA) is 78.5 Å². The maximum atomic E-state index is 12.8. The number of carbonyl (C=O) groups is 3. The first-order chi connectivity index (χ1) is 12.4. The van der Waals surface area contributed by atoms with Crippen molar-refractivity contribution < 1.29 is 14.4 Å². The number of amides is 4. The molecular weight excluding hydrogens is 330 g/mol. The van der Waals surface area contributed by atoms with Gasteiger partial charge in [0.15, 0.2) is 0 Å². The Morgan fingerprint density at radius 2 is 1.96 bits per heavy atom. The number of hydrogen-bond donors (Lipinski definition) is 2.